The smallest absolute Gasteiger partial charge is 0.225 e. The van der Waals surface area contributed by atoms with Crippen LogP contribution in [0.1, 0.15) is 64.0 Å². The van der Waals surface area contributed by atoms with Crippen LogP contribution in [0.2, 0.25) is 0 Å². The van der Waals surface area contributed by atoms with Crippen molar-refractivity contribution in [1.29, 1.82) is 0 Å². The summed E-state index contributed by atoms with van der Waals surface area (Å²) in [7, 11) is 1.67. The molecule has 1 aromatic rings. The summed E-state index contributed by atoms with van der Waals surface area (Å²) < 4.78 is 11.5. The molecule has 0 spiro atoms. The third-order valence-electron chi connectivity index (χ3n) is 5.44. The number of fused-ring (bicyclic) bond motifs is 1. The van der Waals surface area contributed by atoms with E-state index in [0.717, 1.165) is 42.0 Å². The van der Waals surface area contributed by atoms with Crippen LogP contribution in [0.15, 0.2) is 18.2 Å². The molecule has 1 fully saturated rings. The van der Waals surface area contributed by atoms with Gasteiger partial charge in [-0.15, -0.1) is 0 Å². The van der Waals surface area contributed by atoms with Crippen molar-refractivity contribution >= 4 is 12.0 Å². The number of hydrogen-bond donors (Lipinski definition) is 0. The van der Waals surface area contributed by atoms with E-state index in [2.05, 4.69) is 30.9 Å². The maximum atomic E-state index is 13.2. The Labute approximate surface area is 163 Å². The van der Waals surface area contributed by atoms with Gasteiger partial charge in [-0.3, -0.25) is 4.79 Å². The van der Waals surface area contributed by atoms with Crippen molar-refractivity contribution in [3.05, 3.63) is 29.3 Å². The van der Waals surface area contributed by atoms with Gasteiger partial charge in [-0.25, -0.2) is 0 Å². The molecular weight excluding hydrogens is 338 g/mol. The van der Waals surface area contributed by atoms with Crippen LogP contribution >= 0.6 is 0 Å². The van der Waals surface area contributed by atoms with Gasteiger partial charge in [-0.05, 0) is 49.5 Å². The first-order chi connectivity index (χ1) is 13.0. The van der Waals surface area contributed by atoms with Gasteiger partial charge in [0.05, 0.1) is 7.11 Å². The molecule has 1 unspecified atom stereocenters. The number of nitrogens with zero attached hydrogens (tertiary/aromatic N) is 1. The topological polar surface area (TPSA) is 38.8 Å². The normalized spacial score (nSPS) is 19.5. The quantitative estimate of drug-likeness (QED) is 0.702. The second-order valence-electron chi connectivity index (χ2n) is 8.35. The molecule has 148 valence electrons. The van der Waals surface area contributed by atoms with Crippen molar-refractivity contribution in [1.82, 2.24) is 4.90 Å². The van der Waals surface area contributed by atoms with Crippen molar-refractivity contribution in [2.45, 2.75) is 65.5 Å². The second kappa shape index (κ2) is 8.81. The molecule has 0 N–H and O–H groups in total. The lowest BCUT2D eigenvalue weighted by molar-refractivity contribution is -0.137. The maximum absolute atomic E-state index is 13.2. The molecule has 4 nitrogen and oxygen atoms in total. The summed E-state index contributed by atoms with van der Waals surface area (Å²) in [6.07, 6.45) is 9.88. The summed E-state index contributed by atoms with van der Waals surface area (Å²) >= 11 is 0. The van der Waals surface area contributed by atoms with Crippen molar-refractivity contribution in [3.63, 3.8) is 0 Å². The number of rotatable bonds is 6. The third-order valence-corrected chi connectivity index (χ3v) is 5.44. The van der Waals surface area contributed by atoms with Gasteiger partial charge >= 0.3 is 0 Å². The van der Waals surface area contributed by atoms with Crippen molar-refractivity contribution in [2.24, 2.45) is 11.8 Å². The lowest BCUT2D eigenvalue weighted by Gasteiger charge is -2.31. The van der Waals surface area contributed by atoms with Crippen LogP contribution in [0.4, 0.5) is 0 Å². The van der Waals surface area contributed by atoms with E-state index in [1.807, 2.05) is 19.1 Å². The number of hydrogen-bond acceptors (Lipinski definition) is 3. The van der Waals surface area contributed by atoms with Gasteiger partial charge in [0.1, 0.15) is 6.10 Å². The molecule has 2 aliphatic rings. The Bertz CT molecular complexity index is 689. The standard InChI is InChI=1S/C23H33NO3/c1-16(2)14-24(23(25)19-8-6-5-7-9-19)15-18-12-20-11-10-17(3)27-22(20)21(13-18)26-4/h10-13,16-17,19H,5-9,14-15H2,1-4H3. The fraction of sp³-hybridized carbons (Fsp3) is 0.609. The maximum Gasteiger partial charge on any atom is 0.225 e. The average molecular weight is 372 g/mol. The molecule has 1 aliphatic carbocycles. The molecule has 27 heavy (non-hydrogen) atoms. The Morgan fingerprint density at radius 3 is 2.67 bits per heavy atom. The molecule has 0 bridgehead atoms. The van der Waals surface area contributed by atoms with Gasteiger partial charge < -0.3 is 14.4 Å². The zero-order valence-electron chi connectivity index (χ0n) is 17.2. The minimum atomic E-state index is 0.0440. The van der Waals surface area contributed by atoms with E-state index in [1.54, 1.807) is 7.11 Å². The van der Waals surface area contributed by atoms with Crippen LogP contribution in [-0.4, -0.2) is 30.6 Å². The Balaban J connectivity index is 1.83. The van der Waals surface area contributed by atoms with E-state index < -0.39 is 0 Å². The summed E-state index contributed by atoms with van der Waals surface area (Å²) in [6, 6.07) is 4.15. The molecule has 0 radical (unpaired) electrons. The van der Waals surface area contributed by atoms with Crippen LogP contribution in [0.3, 0.4) is 0 Å². The van der Waals surface area contributed by atoms with Crippen molar-refractivity contribution < 1.29 is 14.3 Å². The van der Waals surface area contributed by atoms with Crippen LogP contribution in [0.5, 0.6) is 11.5 Å². The second-order valence-corrected chi connectivity index (χ2v) is 8.35. The summed E-state index contributed by atoms with van der Waals surface area (Å²) in [5, 5.41) is 0. The Morgan fingerprint density at radius 2 is 2.00 bits per heavy atom. The average Bonchev–Trinajstić information content (AvgIpc) is 2.67. The number of carbonyl (C=O) groups is 1. The molecule has 0 aromatic heterocycles. The van der Waals surface area contributed by atoms with Crippen LogP contribution in [-0.2, 0) is 11.3 Å². The predicted octanol–water partition coefficient (Wildman–Crippen LogP) is 5.05. The molecule has 1 aliphatic heterocycles. The third kappa shape index (κ3) is 4.85. The highest BCUT2D eigenvalue weighted by Gasteiger charge is 2.27. The fourth-order valence-electron chi connectivity index (χ4n) is 4.14. The molecule has 4 heteroatoms. The first kappa shape index (κ1) is 19.8. The van der Waals surface area contributed by atoms with Gasteiger partial charge in [-0.2, -0.15) is 0 Å². The highest BCUT2D eigenvalue weighted by Crippen LogP contribution is 2.37. The summed E-state index contributed by atoms with van der Waals surface area (Å²) in [5.41, 5.74) is 2.12. The minimum Gasteiger partial charge on any atom is -0.493 e. The van der Waals surface area contributed by atoms with Crippen LogP contribution < -0.4 is 9.47 Å². The Morgan fingerprint density at radius 1 is 1.26 bits per heavy atom. The van der Waals surface area contributed by atoms with E-state index in [1.165, 1.54) is 19.3 Å². The van der Waals surface area contributed by atoms with Gasteiger partial charge in [0.2, 0.25) is 5.91 Å². The van der Waals surface area contributed by atoms with E-state index in [9.17, 15) is 4.79 Å². The zero-order valence-corrected chi connectivity index (χ0v) is 17.2. The molecule has 1 saturated carbocycles. The number of ether oxygens (including phenoxy) is 2. The fourth-order valence-corrected chi connectivity index (χ4v) is 4.14. The van der Waals surface area contributed by atoms with E-state index in [4.69, 9.17) is 9.47 Å². The highest BCUT2D eigenvalue weighted by atomic mass is 16.5. The molecule has 1 heterocycles. The van der Waals surface area contributed by atoms with E-state index in [-0.39, 0.29) is 12.0 Å². The monoisotopic (exact) mass is 371 g/mol. The zero-order chi connectivity index (χ0) is 19.4. The van der Waals surface area contributed by atoms with Crippen LogP contribution in [0, 0.1) is 11.8 Å². The number of benzene rings is 1. The van der Waals surface area contributed by atoms with Gasteiger partial charge in [0.25, 0.3) is 0 Å². The van der Waals surface area contributed by atoms with Crippen molar-refractivity contribution in [2.75, 3.05) is 13.7 Å². The lowest BCUT2D eigenvalue weighted by Crippen LogP contribution is -2.38. The van der Waals surface area contributed by atoms with Crippen LogP contribution in [0.25, 0.3) is 6.08 Å². The number of carbonyl (C=O) groups excluding carboxylic acids is 1. The number of amides is 1. The first-order valence-corrected chi connectivity index (χ1v) is 10.3. The van der Waals surface area contributed by atoms with Crippen molar-refractivity contribution in [3.8, 4) is 11.5 Å². The lowest BCUT2D eigenvalue weighted by atomic mass is 9.88. The van der Waals surface area contributed by atoms with E-state index >= 15 is 0 Å². The van der Waals surface area contributed by atoms with Gasteiger partial charge in [-0.1, -0.05) is 39.2 Å². The molecule has 1 aromatic carbocycles. The SMILES string of the molecule is COc1cc(CN(CC(C)C)C(=O)C2CCCCC2)cc2c1OC(C)C=C2. The van der Waals surface area contributed by atoms with Gasteiger partial charge in [0, 0.05) is 24.6 Å². The number of methoxy groups -OCH3 is 1. The highest BCUT2D eigenvalue weighted by molar-refractivity contribution is 5.79. The largest absolute Gasteiger partial charge is 0.493 e. The predicted molar refractivity (Wildman–Crippen MR) is 109 cm³/mol. The first-order valence-electron chi connectivity index (χ1n) is 10.3. The summed E-state index contributed by atoms with van der Waals surface area (Å²) in [4.78, 5) is 15.2. The Kier molecular flexibility index (Phi) is 6.46. The molecule has 1 atom stereocenters. The summed E-state index contributed by atoms with van der Waals surface area (Å²) in [6.45, 7) is 7.78. The summed E-state index contributed by atoms with van der Waals surface area (Å²) in [5.74, 6) is 2.50. The molecule has 1 amide bonds. The minimum absolute atomic E-state index is 0.0440. The van der Waals surface area contributed by atoms with Gasteiger partial charge in [0.15, 0.2) is 11.5 Å². The van der Waals surface area contributed by atoms with E-state index in [0.29, 0.717) is 18.4 Å². The Hall–Kier alpha value is -1.97. The molecular formula is C23H33NO3. The molecule has 3 rings (SSSR count). The molecule has 0 saturated heterocycles.